The van der Waals surface area contributed by atoms with Crippen molar-refractivity contribution >= 4 is 23.7 Å². The van der Waals surface area contributed by atoms with Gasteiger partial charge in [0.1, 0.15) is 17.4 Å². The lowest BCUT2D eigenvalue weighted by atomic mass is 9.88. The molecule has 1 fully saturated rings. The van der Waals surface area contributed by atoms with Gasteiger partial charge in [-0.1, -0.05) is 55.5 Å². The molecule has 40 heavy (non-hydrogen) atoms. The molecule has 3 aromatic rings. The standard InChI is InChI=1S/C31H35N5O4/c1-4-40-30(38)26-21(2)27-28(35-18-16-34(17-19-35)15-9-12-23-10-6-5-7-11-23)33-31(39)36(29(27)32-22(26)3)24-13-8-14-25(37)20-24/h5-14,20-21,32,37H,4,15-19H2,1-3H3/b12-9+. The van der Waals surface area contributed by atoms with Gasteiger partial charge < -0.3 is 20.1 Å². The van der Waals surface area contributed by atoms with Crippen molar-refractivity contribution in [2.45, 2.75) is 26.7 Å². The Morgan fingerprint density at radius 3 is 2.58 bits per heavy atom. The topological polar surface area (TPSA) is 99.9 Å². The van der Waals surface area contributed by atoms with Crippen molar-refractivity contribution in [2.24, 2.45) is 0 Å². The van der Waals surface area contributed by atoms with Gasteiger partial charge in [-0.25, -0.2) is 14.2 Å². The summed E-state index contributed by atoms with van der Waals surface area (Å²) in [4.78, 5) is 35.5. The third-order valence-electron chi connectivity index (χ3n) is 7.42. The summed E-state index contributed by atoms with van der Waals surface area (Å²) in [5.41, 5.74) is 3.10. The van der Waals surface area contributed by atoms with Crippen molar-refractivity contribution in [3.63, 3.8) is 0 Å². The maximum Gasteiger partial charge on any atom is 0.355 e. The smallest absolute Gasteiger partial charge is 0.355 e. The Kier molecular flexibility index (Phi) is 8.02. The van der Waals surface area contributed by atoms with Crippen molar-refractivity contribution in [1.29, 1.82) is 0 Å². The van der Waals surface area contributed by atoms with E-state index in [0.717, 1.165) is 25.2 Å². The number of anilines is 2. The SMILES string of the molecule is CCOC(=O)C1=C(C)Nc2c(c(N3CCN(C/C=C/c4ccccc4)CC3)nc(=O)n2-c2cccc(O)c2)C1C. The molecular formula is C31H35N5O4. The fraction of sp³-hybridized carbons (Fsp3) is 0.323. The van der Waals surface area contributed by atoms with E-state index < -0.39 is 5.69 Å². The highest BCUT2D eigenvalue weighted by Crippen LogP contribution is 2.42. The van der Waals surface area contributed by atoms with Crippen molar-refractivity contribution in [1.82, 2.24) is 14.5 Å². The van der Waals surface area contributed by atoms with Crippen LogP contribution in [0.4, 0.5) is 11.6 Å². The second-order valence-corrected chi connectivity index (χ2v) is 10.0. The zero-order chi connectivity index (χ0) is 28.2. The molecule has 1 atom stereocenters. The molecule has 2 aliphatic rings. The van der Waals surface area contributed by atoms with Crippen LogP contribution < -0.4 is 15.9 Å². The highest BCUT2D eigenvalue weighted by molar-refractivity contribution is 5.94. The first-order valence-corrected chi connectivity index (χ1v) is 13.7. The Labute approximate surface area is 234 Å². The van der Waals surface area contributed by atoms with Gasteiger partial charge in [-0.15, -0.1) is 0 Å². The highest BCUT2D eigenvalue weighted by atomic mass is 16.5. The van der Waals surface area contributed by atoms with Gasteiger partial charge in [0.25, 0.3) is 0 Å². The van der Waals surface area contributed by atoms with Crippen molar-refractivity contribution in [3.05, 3.63) is 93.6 Å². The van der Waals surface area contributed by atoms with E-state index in [-0.39, 0.29) is 24.2 Å². The van der Waals surface area contributed by atoms with Gasteiger partial charge in [0.15, 0.2) is 0 Å². The number of aromatic nitrogens is 2. The number of ether oxygens (including phenoxy) is 1. The zero-order valence-electron chi connectivity index (χ0n) is 23.1. The second-order valence-electron chi connectivity index (χ2n) is 10.0. The molecule has 0 amide bonds. The van der Waals surface area contributed by atoms with Gasteiger partial charge in [0.2, 0.25) is 0 Å². The van der Waals surface area contributed by atoms with E-state index in [1.165, 1.54) is 16.2 Å². The molecule has 1 saturated heterocycles. The molecule has 2 aliphatic heterocycles. The summed E-state index contributed by atoms with van der Waals surface area (Å²) < 4.78 is 6.84. The van der Waals surface area contributed by atoms with Gasteiger partial charge in [-0.05, 0) is 31.5 Å². The number of carbonyl (C=O) groups excluding carboxylic acids is 1. The number of hydrogen-bond acceptors (Lipinski definition) is 8. The Morgan fingerprint density at radius 2 is 1.88 bits per heavy atom. The van der Waals surface area contributed by atoms with Crippen LogP contribution in [0.25, 0.3) is 11.8 Å². The monoisotopic (exact) mass is 541 g/mol. The van der Waals surface area contributed by atoms with Crippen LogP contribution >= 0.6 is 0 Å². The van der Waals surface area contributed by atoms with Gasteiger partial charge >= 0.3 is 11.7 Å². The van der Waals surface area contributed by atoms with E-state index >= 15 is 0 Å². The van der Waals surface area contributed by atoms with Crippen molar-refractivity contribution in [3.8, 4) is 11.4 Å². The quantitative estimate of drug-likeness (QED) is 0.431. The van der Waals surface area contributed by atoms with E-state index in [9.17, 15) is 14.7 Å². The predicted molar refractivity (Wildman–Crippen MR) is 157 cm³/mol. The third-order valence-corrected chi connectivity index (χ3v) is 7.42. The number of benzene rings is 2. The number of nitrogens with zero attached hydrogens (tertiary/aromatic N) is 4. The molecule has 5 rings (SSSR count). The fourth-order valence-corrected chi connectivity index (χ4v) is 5.45. The maximum absolute atomic E-state index is 13.5. The molecule has 1 aromatic heterocycles. The predicted octanol–water partition coefficient (Wildman–Crippen LogP) is 4.14. The van der Waals surface area contributed by atoms with E-state index in [1.807, 2.05) is 32.0 Å². The second kappa shape index (κ2) is 11.8. The highest BCUT2D eigenvalue weighted by Gasteiger charge is 2.36. The molecular weight excluding hydrogens is 506 g/mol. The minimum atomic E-state index is -0.459. The molecule has 0 spiro atoms. The lowest BCUT2D eigenvalue weighted by Gasteiger charge is -2.38. The molecule has 0 radical (unpaired) electrons. The first kappa shape index (κ1) is 27.2. The summed E-state index contributed by atoms with van der Waals surface area (Å²) in [6.07, 6.45) is 4.30. The van der Waals surface area contributed by atoms with Crippen molar-refractivity contribution < 1.29 is 14.6 Å². The normalized spacial score (nSPS) is 17.6. The Morgan fingerprint density at radius 1 is 1.12 bits per heavy atom. The number of fused-ring (bicyclic) bond motifs is 1. The number of carbonyl (C=O) groups is 1. The average molecular weight is 542 g/mol. The number of nitrogens with one attached hydrogen (secondary N) is 1. The van der Waals surface area contributed by atoms with Crippen LogP contribution in [-0.2, 0) is 9.53 Å². The summed E-state index contributed by atoms with van der Waals surface area (Å²) in [6, 6.07) is 16.7. The first-order chi connectivity index (χ1) is 19.4. The number of aromatic hydroxyl groups is 1. The van der Waals surface area contributed by atoms with Crippen LogP contribution in [0, 0.1) is 0 Å². The number of allylic oxidation sites excluding steroid dienone is 1. The third kappa shape index (κ3) is 5.51. The number of rotatable bonds is 7. The zero-order valence-corrected chi connectivity index (χ0v) is 23.1. The largest absolute Gasteiger partial charge is 0.508 e. The van der Waals surface area contributed by atoms with Gasteiger partial charge in [-0.2, -0.15) is 4.98 Å². The number of piperazine rings is 1. The maximum atomic E-state index is 13.5. The summed E-state index contributed by atoms with van der Waals surface area (Å²) in [5.74, 6) is 0.413. The number of esters is 1. The molecule has 208 valence electrons. The summed E-state index contributed by atoms with van der Waals surface area (Å²) in [6.45, 7) is 9.65. The number of hydrogen-bond donors (Lipinski definition) is 2. The summed E-state index contributed by atoms with van der Waals surface area (Å²) >= 11 is 0. The lowest BCUT2D eigenvalue weighted by Crippen LogP contribution is -2.48. The van der Waals surface area contributed by atoms with Gasteiger partial charge in [0.05, 0.1) is 17.9 Å². The summed E-state index contributed by atoms with van der Waals surface area (Å²) in [5, 5.41) is 13.4. The lowest BCUT2D eigenvalue weighted by molar-refractivity contribution is -0.138. The molecule has 0 saturated carbocycles. The Balaban J connectivity index is 1.47. The van der Waals surface area contributed by atoms with E-state index in [4.69, 9.17) is 4.74 Å². The van der Waals surface area contributed by atoms with Crippen LogP contribution in [0.5, 0.6) is 5.75 Å². The van der Waals surface area contributed by atoms with Gasteiger partial charge in [-0.3, -0.25) is 4.90 Å². The van der Waals surface area contributed by atoms with Crippen molar-refractivity contribution in [2.75, 3.05) is 49.5 Å². The fourth-order valence-electron chi connectivity index (χ4n) is 5.45. The van der Waals surface area contributed by atoms with Crippen LogP contribution in [0.1, 0.15) is 37.8 Å². The average Bonchev–Trinajstić information content (AvgIpc) is 2.93. The van der Waals surface area contributed by atoms with Crippen LogP contribution in [-0.4, -0.2) is 64.9 Å². The Bertz CT molecular complexity index is 1500. The Hall–Kier alpha value is -4.37. The number of phenols is 1. The van der Waals surface area contributed by atoms with E-state index in [2.05, 4.69) is 44.4 Å². The number of phenolic OH excluding ortho intramolecular Hbond substituents is 1. The molecule has 0 aliphatic carbocycles. The molecule has 2 aromatic carbocycles. The van der Waals surface area contributed by atoms with Crippen LogP contribution in [0.15, 0.2) is 76.7 Å². The molecule has 0 bridgehead atoms. The molecule has 9 nitrogen and oxygen atoms in total. The molecule has 3 heterocycles. The minimum Gasteiger partial charge on any atom is -0.508 e. The van der Waals surface area contributed by atoms with Crippen LogP contribution in [0.2, 0.25) is 0 Å². The molecule has 9 heteroatoms. The minimum absolute atomic E-state index is 0.0444. The first-order valence-electron chi connectivity index (χ1n) is 13.7. The molecule has 2 N–H and O–H groups in total. The summed E-state index contributed by atoms with van der Waals surface area (Å²) in [7, 11) is 0. The van der Waals surface area contributed by atoms with Crippen LogP contribution in [0.3, 0.4) is 0 Å². The molecule has 1 unspecified atom stereocenters. The van der Waals surface area contributed by atoms with E-state index in [1.54, 1.807) is 25.1 Å². The van der Waals surface area contributed by atoms with E-state index in [0.29, 0.717) is 41.7 Å². The van der Waals surface area contributed by atoms with Gasteiger partial charge in [0, 0.05) is 56.0 Å².